The molecule has 0 bridgehead atoms. The van der Waals surface area contributed by atoms with Crippen molar-refractivity contribution in [3.63, 3.8) is 0 Å². The average Bonchev–Trinajstić information content (AvgIpc) is 2.79. The third-order valence-corrected chi connectivity index (χ3v) is 4.14. The van der Waals surface area contributed by atoms with Gasteiger partial charge in [-0.3, -0.25) is 0 Å². The quantitative estimate of drug-likeness (QED) is 0.848. The lowest BCUT2D eigenvalue weighted by Gasteiger charge is -2.03. The number of aromatic nitrogens is 1. The summed E-state index contributed by atoms with van der Waals surface area (Å²) in [5.74, 6) is -0.335. The molecule has 0 aliphatic carbocycles. The zero-order chi connectivity index (χ0) is 11.4. The number of thioether (sulfide) groups is 1. The minimum Gasteiger partial charge on any atom is -0.477 e. The van der Waals surface area contributed by atoms with Gasteiger partial charge in [0.05, 0.1) is 4.21 Å². The van der Waals surface area contributed by atoms with E-state index in [9.17, 15) is 4.79 Å². The Kier molecular flexibility index (Phi) is 3.58. The highest BCUT2D eigenvalue weighted by Crippen LogP contribution is 2.27. The first-order valence-electron chi connectivity index (χ1n) is 4.61. The van der Waals surface area contributed by atoms with Gasteiger partial charge in [-0.25, -0.2) is 9.78 Å². The lowest BCUT2D eigenvalue weighted by atomic mass is 10.2. The molecular formula is C11H9NO2S2. The van der Waals surface area contributed by atoms with Gasteiger partial charge in [-0.1, -0.05) is 12.1 Å². The van der Waals surface area contributed by atoms with Gasteiger partial charge in [0.15, 0.2) is 5.69 Å². The zero-order valence-electron chi connectivity index (χ0n) is 8.29. The van der Waals surface area contributed by atoms with Gasteiger partial charge in [-0.15, -0.1) is 23.1 Å². The molecule has 16 heavy (non-hydrogen) atoms. The van der Waals surface area contributed by atoms with E-state index in [1.165, 1.54) is 10.4 Å². The van der Waals surface area contributed by atoms with Crippen molar-refractivity contribution in [3.05, 3.63) is 47.1 Å². The van der Waals surface area contributed by atoms with Crippen LogP contribution in [0.5, 0.6) is 0 Å². The first-order valence-corrected chi connectivity index (χ1v) is 6.47. The number of thiophene rings is 1. The number of aromatic carboxylic acids is 1. The van der Waals surface area contributed by atoms with Gasteiger partial charge in [0, 0.05) is 11.9 Å². The Balaban J connectivity index is 2.12. The van der Waals surface area contributed by atoms with Crippen LogP contribution in [0.15, 0.2) is 40.1 Å². The molecule has 0 spiro atoms. The van der Waals surface area contributed by atoms with Crippen molar-refractivity contribution in [1.29, 1.82) is 0 Å². The monoisotopic (exact) mass is 251 g/mol. The van der Waals surface area contributed by atoms with Crippen molar-refractivity contribution in [2.24, 2.45) is 0 Å². The molecule has 0 fully saturated rings. The second kappa shape index (κ2) is 5.14. The highest BCUT2D eigenvalue weighted by atomic mass is 32.2. The van der Waals surface area contributed by atoms with E-state index < -0.39 is 5.97 Å². The van der Waals surface area contributed by atoms with E-state index in [2.05, 4.69) is 4.98 Å². The smallest absolute Gasteiger partial charge is 0.354 e. The van der Waals surface area contributed by atoms with Crippen LogP contribution in [-0.4, -0.2) is 16.1 Å². The van der Waals surface area contributed by atoms with Crippen LogP contribution in [0.3, 0.4) is 0 Å². The Hall–Kier alpha value is -1.33. The van der Waals surface area contributed by atoms with Crippen LogP contribution < -0.4 is 0 Å². The van der Waals surface area contributed by atoms with E-state index in [0.29, 0.717) is 5.75 Å². The van der Waals surface area contributed by atoms with Crippen molar-refractivity contribution < 1.29 is 9.90 Å². The third kappa shape index (κ3) is 2.62. The normalized spacial score (nSPS) is 10.2. The number of carbonyl (C=O) groups is 1. The van der Waals surface area contributed by atoms with Gasteiger partial charge < -0.3 is 5.11 Å². The molecular weight excluding hydrogens is 242 g/mol. The van der Waals surface area contributed by atoms with Crippen molar-refractivity contribution in [2.45, 2.75) is 9.96 Å². The summed E-state index contributed by atoms with van der Waals surface area (Å²) in [6, 6.07) is 7.56. The van der Waals surface area contributed by atoms with Gasteiger partial charge in [0.25, 0.3) is 0 Å². The van der Waals surface area contributed by atoms with Crippen LogP contribution in [0, 0.1) is 0 Å². The minimum atomic E-state index is -0.970. The summed E-state index contributed by atoms with van der Waals surface area (Å²) in [6.07, 6.45) is 1.50. The Morgan fingerprint density at radius 3 is 3.00 bits per heavy atom. The number of rotatable bonds is 4. The standard InChI is InChI=1S/C11H9NO2S2/c13-11(14)10-8(3-1-5-12-10)7-16-9-4-2-6-15-9/h1-6H,7H2,(H,13,14). The fourth-order valence-electron chi connectivity index (χ4n) is 1.24. The second-order valence-electron chi connectivity index (χ2n) is 3.04. The molecule has 0 amide bonds. The van der Waals surface area contributed by atoms with Crippen LogP contribution in [0.4, 0.5) is 0 Å². The maximum absolute atomic E-state index is 10.9. The van der Waals surface area contributed by atoms with E-state index in [1.54, 1.807) is 35.2 Å². The van der Waals surface area contributed by atoms with Crippen molar-refractivity contribution >= 4 is 29.1 Å². The molecule has 2 rings (SSSR count). The number of carboxylic acids is 1. The molecule has 3 nitrogen and oxygen atoms in total. The van der Waals surface area contributed by atoms with E-state index >= 15 is 0 Å². The first-order chi connectivity index (χ1) is 7.77. The Morgan fingerprint density at radius 2 is 2.31 bits per heavy atom. The van der Waals surface area contributed by atoms with E-state index in [-0.39, 0.29) is 5.69 Å². The van der Waals surface area contributed by atoms with Crippen molar-refractivity contribution in [3.8, 4) is 0 Å². The topological polar surface area (TPSA) is 50.2 Å². The molecule has 0 aliphatic rings. The van der Waals surface area contributed by atoms with Gasteiger partial charge in [-0.05, 0) is 23.1 Å². The molecule has 5 heteroatoms. The summed E-state index contributed by atoms with van der Waals surface area (Å²) in [6.45, 7) is 0. The van der Waals surface area contributed by atoms with Gasteiger partial charge in [0.1, 0.15) is 0 Å². The predicted molar refractivity (Wildman–Crippen MR) is 65.1 cm³/mol. The highest BCUT2D eigenvalue weighted by Gasteiger charge is 2.10. The molecule has 0 aliphatic heterocycles. The van der Waals surface area contributed by atoms with Gasteiger partial charge in [-0.2, -0.15) is 0 Å². The molecule has 2 aromatic rings. The Bertz CT molecular complexity index is 482. The Labute approximate surface area is 101 Å². The second-order valence-corrected chi connectivity index (χ2v) is 5.26. The van der Waals surface area contributed by atoms with E-state index in [0.717, 1.165) is 5.56 Å². The van der Waals surface area contributed by atoms with Crippen LogP contribution >= 0.6 is 23.1 Å². The van der Waals surface area contributed by atoms with Crippen LogP contribution in [0.25, 0.3) is 0 Å². The number of nitrogens with zero attached hydrogens (tertiary/aromatic N) is 1. The van der Waals surface area contributed by atoms with Gasteiger partial charge in [0.2, 0.25) is 0 Å². The molecule has 0 saturated heterocycles. The van der Waals surface area contributed by atoms with Crippen LogP contribution in [-0.2, 0) is 5.75 Å². The van der Waals surface area contributed by atoms with Crippen molar-refractivity contribution in [1.82, 2.24) is 4.98 Å². The number of carboxylic acid groups (broad SMARTS) is 1. The lowest BCUT2D eigenvalue weighted by Crippen LogP contribution is -2.04. The van der Waals surface area contributed by atoms with E-state index in [1.807, 2.05) is 17.5 Å². The summed E-state index contributed by atoms with van der Waals surface area (Å²) >= 11 is 3.28. The molecule has 0 atom stereocenters. The maximum atomic E-state index is 10.9. The summed E-state index contributed by atoms with van der Waals surface area (Å²) in [4.78, 5) is 14.8. The van der Waals surface area contributed by atoms with Crippen LogP contribution in [0.2, 0.25) is 0 Å². The molecule has 0 saturated carbocycles. The van der Waals surface area contributed by atoms with E-state index in [4.69, 9.17) is 5.11 Å². The molecule has 2 heterocycles. The molecule has 0 unspecified atom stereocenters. The molecule has 1 N–H and O–H groups in total. The summed E-state index contributed by atoms with van der Waals surface area (Å²) < 4.78 is 1.18. The largest absolute Gasteiger partial charge is 0.477 e. The summed E-state index contributed by atoms with van der Waals surface area (Å²) in [5, 5.41) is 11.0. The highest BCUT2D eigenvalue weighted by molar-refractivity contribution is 8.00. The fourth-order valence-corrected chi connectivity index (χ4v) is 3.01. The van der Waals surface area contributed by atoms with Crippen LogP contribution in [0.1, 0.15) is 16.1 Å². The lowest BCUT2D eigenvalue weighted by molar-refractivity contribution is 0.0689. The number of hydrogen-bond donors (Lipinski definition) is 1. The summed E-state index contributed by atoms with van der Waals surface area (Å²) in [5.41, 5.74) is 0.903. The number of hydrogen-bond acceptors (Lipinski definition) is 4. The fraction of sp³-hybridized carbons (Fsp3) is 0.0909. The zero-order valence-corrected chi connectivity index (χ0v) is 9.92. The SMILES string of the molecule is O=C(O)c1ncccc1CSc1cccs1. The van der Waals surface area contributed by atoms with Crippen molar-refractivity contribution in [2.75, 3.05) is 0 Å². The maximum Gasteiger partial charge on any atom is 0.354 e. The number of pyridine rings is 1. The molecule has 2 aromatic heterocycles. The average molecular weight is 251 g/mol. The Morgan fingerprint density at radius 1 is 1.44 bits per heavy atom. The molecule has 0 radical (unpaired) electrons. The molecule has 0 aromatic carbocycles. The summed E-state index contributed by atoms with van der Waals surface area (Å²) in [7, 11) is 0. The van der Waals surface area contributed by atoms with Gasteiger partial charge >= 0.3 is 5.97 Å². The third-order valence-electron chi connectivity index (χ3n) is 1.96. The molecule has 82 valence electrons. The minimum absolute atomic E-state index is 0.145. The first kappa shape index (κ1) is 11.2. The predicted octanol–water partition coefficient (Wildman–Crippen LogP) is 3.13.